The van der Waals surface area contributed by atoms with Crippen LogP contribution in [0, 0.1) is 13.8 Å². The summed E-state index contributed by atoms with van der Waals surface area (Å²) in [7, 11) is 1.64. The summed E-state index contributed by atoms with van der Waals surface area (Å²) in [4.78, 5) is 12.2. The van der Waals surface area contributed by atoms with E-state index in [1.165, 1.54) is 0 Å². The van der Waals surface area contributed by atoms with E-state index in [1.54, 1.807) is 7.11 Å². The number of nitrogens with one attached hydrogen (secondary N) is 1. The van der Waals surface area contributed by atoms with Gasteiger partial charge in [0.25, 0.3) is 0 Å². The Morgan fingerprint density at radius 1 is 1.12 bits per heavy atom. The van der Waals surface area contributed by atoms with Crippen LogP contribution >= 0.6 is 0 Å². The lowest BCUT2D eigenvalue weighted by Gasteiger charge is -2.18. The zero-order valence-corrected chi connectivity index (χ0v) is 15.5. The number of methoxy groups -OCH3 is 1. The topological polar surface area (TPSA) is 47.6 Å². The van der Waals surface area contributed by atoms with E-state index >= 15 is 0 Å². The number of ether oxygens (including phenoxy) is 2. The molecule has 0 unspecified atom stereocenters. The van der Waals surface area contributed by atoms with Crippen molar-refractivity contribution in [2.24, 2.45) is 0 Å². The SMILES string of the molecule is COc1ccc(C)cc1[C@@H](C)NC(=O)CCCOc1cccc(C)c1. The van der Waals surface area contributed by atoms with Crippen molar-refractivity contribution in [1.82, 2.24) is 5.32 Å². The van der Waals surface area contributed by atoms with Crippen LogP contribution in [0.3, 0.4) is 0 Å². The molecule has 134 valence electrons. The van der Waals surface area contributed by atoms with E-state index in [1.807, 2.05) is 63.2 Å². The Kier molecular flexibility index (Phi) is 6.87. The molecule has 4 nitrogen and oxygen atoms in total. The Balaban J connectivity index is 1.79. The molecule has 0 radical (unpaired) electrons. The van der Waals surface area contributed by atoms with Crippen LogP contribution < -0.4 is 14.8 Å². The van der Waals surface area contributed by atoms with Gasteiger partial charge >= 0.3 is 0 Å². The standard InChI is InChI=1S/C21H27NO3/c1-15-7-5-8-18(13-15)25-12-6-9-21(23)22-17(3)19-14-16(2)10-11-20(19)24-4/h5,7-8,10-11,13-14,17H,6,9,12H2,1-4H3,(H,22,23)/t17-/m1/s1. The van der Waals surface area contributed by atoms with E-state index in [2.05, 4.69) is 5.32 Å². The first kappa shape index (κ1) is 18.8. The third kappa shape index (κ3) is 5.82. The van der Waals surface area contributed by atoms with Gasteiger partial charge in [0, 0.05) is 12.0 Å². The maximum atomic E-state index is 12.2. The summed E-state index contributed by atoms with van der Waals surface area (Å²) in [6.45, 7) is 6.55. The third-order valence-electron chi connectivity index (χ3n) is 4.04. The molecule has 0 saturated carbocycles. The van der Waals surface area contributed by atoms with Gasteiger partial charge in [0.05, 0.1) is 19.8 Å². The molecule has 0 fully saturated rings. The summed E-state index contributed by atoms with van der Waals surface area (Å²) in [5.41, 5.74) is 3.30. The lowest BCUT2D eigenvalue weighted by atomic mass is 10.0. The Hall–Kier alpha value is -2.49. The molecule has 0 spiro atoms. The van der Waals surface area contributed by atoms with Crippen molar-refractivity contribution < 1.29 is 14.3 Å². The van der Waals surface area contributed by atoms with Crippen molar-refractivity contribution in [2.75, 3.05) is 13.7 Å². The quantitative estimate of drug-likeness (QED) is 0.726. The minimum absolute atomic E-state index is 0.0175. The summed E-state index contributed by atoms with van der Waals surface area (Å²) in [5, 5.41) is 3.03. The number of carbonyl (C=O) groups excluding carboxylic acids is 1. The monoisotopic (exact) mass is 341 g/mol. The van der Waals surface area contributed by atoms with Gasteiger partial charge in [-0.25, -0.2) is 0 Å². The molecule has 0 bridgehead atoms. The number of hydrogen-bond acceptors (Lipinski definition) is 3. The van der Waals surface area contributed by atoms with Crippen molar-refractivity contribution >= 4 is 5.91 Å². The fourth-order valence-corrected chi connectivity index (χ4v) is 2.71. The molecule has 0 aliphatic heterocycles. The Bertz CT molecular complexity index is 712. The molecule has 2 aromatic carbocycles. The zero-order chi connectivity index (χ0) is 18.2. The highest BCUT2D eigenvalue weighted by Gasteiger charge is 2.14. The van der Waals surface area contributed by atoms with Crippen LogP contribution in [-0.2, 0) is 4.79 Å². The Morgan fingerprint density at radius 2 is 1.88 bits per heavy atom. The molecule has 4 heteroatoms. The van der Waals surface area contributed by atoms with Gasteiger partial charge < -0.3 is 14.8 Å². The van der Waals surface area contributed by atoms with Crippen LogP contribution in [0.5, 0.6) is 11.5 Å². The predicted octanol–water partition coefficient (Wildman–Crippen LogP) is 4.35. The first-order valence-electron chi connectivity index (χ1n) is 8.63. The van der Waals surface area contributed by atoms with Crippen molar-refractivity contribution in [1.29, 1.82) is 0 Å². The summed E-state index contributed by atoms with van der Waals surface area (Å²) in [6.07, 6.45) is 1.11. The van der Waals surface area contributed by atoms with Gasteiger partial charge in [0.15, 0.2) is 0 Å². The first-order chi connectivity index (χ1) is 12.0. The van der Waals surface area contributed by atoms with Crippen molar-refractivity contribution in [3.63, 3.8) is 0 Å². The second-order valence-corrected chi connectivity index (χ2v) is 6.30. The number of hydrogen-bond donors (Lipinski definition) is 1. The molecule has 1 atom stereocenters. The van der Waals surface area contributed by atoms with E-state index < -0.39 is 0 Å². The Morgan fingerprint density at radius 3 is 2.60 bits per heavy atom. The second-order valence-electron chi connectivity index (χ2n) is 6.30. The van der Waals surface area contributed by atoms with Gasteiger partial charge in [-0.3, -0.25) is 4.79 Å². The number of aryl methyl sites for hydroxylation is 2. The van der Waals surface area contributed by atoms with Crippen LogP contribution in [0.2, 0.25) is 0 Å². The van der Waals surface area contributed by atoms with E-state index in [-0.39, 0.29) is 11.9 Å². The van der Waals surface area contributed by atoms with E-state index in [9.17, 15) is 4.79 Å². The molecule has 2 rings (SSSR count). The molecule has 0 saturated heterocycles. The zero-order valence-electron chi connectivity index (χ0n) is 15.5. The molecule has 0 aromatic heterocycles. The highest BCUT2D eigenvalue weighted by Crippen LogP contribution is 2.26. The highest BCUT2D eigenvalue weighted by molar-refractivity contribution is 5.76. The van der Waals surface area contributed by atoms with Crippen LogP contribution in [0.1, 0.15) is 42.5 Å². The van der Waals surface area contributed by atoms with Crippen LogP contribution in [0.25, 0.3) is 0 Å². The van der Waals surface area contributed by atoms with E-state index in [0.29, 0.717) is 19.4 Å². The van der Waals surface area contributed by atoms with Gasteiger partial charge in [-0.15, -0.1) is 0 Å². The molecule has 1 N–H and O–H groups in total. The fraction of sp³-hybridized carbons (Fsp3) is 0.381. The van der Waals surface area contributed by atoms with Crippen LogP contribution in [-0.4, -0.2) is 19.6 Å². The van der Waals surface area contributed by atoms with Crippen molar-refractivity contribution in [3.05, 3.63) is 59.2 Å². The fourth-order valence-electron chi connectivity index (χ4n) is 2.71. The lowest BCUT2D eigenvalue weighted by molar-refractivity contribution is -0.121. The maximum Gasteiger partial charge on any atom is 0.220 e. The third-order valence-corrected chi connectivity index (χ3v) is 4.04. The maximum absolute atomic E-state index is 12.2. The molecule has 0 heterocycles. The number of carbonyl (C=O) groups is 1. The Labute approximate surface area is 150 Å². The number of benzene rings is 2. The molecular weight excluding hydrogens is 314 g/mol. The molecular formula is C21H27NO3. The summed E-state index contributed by atoms with van der Waals surface area (Å²) in [6, 6.07) is 13.8. The number of rotatable bonds is 8. The summed E-state index contributed by atoms with van der Waals surface area (Å²) in [5.74, 6) is 1.66. The minimum atomic E-state index is -0.0972. The minimum Gasteiger partial charge on any atom is -0.496 e. The highest BCUT2D eigenvalue weighted by atomic mass is 16.5. The summed E-state index contributed by atoms with van der Waals surface area (Å²) >= 11 is 0. The second kappa shape index (κ2) is 9.11. The van der Waals surface area contributed by atoms with Gasteiger partial charge in [-0.05, 0) is 51.0 Å². The van der Waals surface area contributed by atoms with Crippen molar-refractivity contribution in [3.8, 4) is 11.5 Å². The molecule has 0 aliphatic rings. The van der Waals surface area contributed by atoms with Crippen LogP contribution in [0.4, 0.5) is 0 Å². The molecule has 0 aliphatic carbocycles. The van der Waals surface area contributed by atoms with E-state index in [0.717, 1.165) is 28.2 Å². The van der Waals surface area contributed by atoms with Gasteiger partial charge in [-0.1, -0.05) is 29.8 Å². The average Bonchev–Trinajstić information content (AvgIpc) is 2.58. The average molecular weight is 341 g/mol. The molecule has 1 amide bonds. The smallest absolute Gasteiger partial charge is 0.220 e. The summed E-state index contributed by atoms with van der Waals surface area (Å²) < 4.78 is 11.1. The molecule has 25 heavy (non-hydrogen) atoms. The lowest BCUT2D eigenvalue weighted by Crippen LogP contribution is -2.27. The first-order valence-corrected chi connectivity index (χ1v) is 8.63. The predicted molar refractivity (Wildman–Crippen MR) is 100 cm³/mol. The number of amides is 1. The van der Waals surface area contributed by atoms with Gasteiger partial charge in [0.2, 0.25) is 5.91 Å². The van der Waals surface area contributed by atoms with E-state index in [4.69, 9.17) is 9.47 Å². The normalized spacial score (nSPS) is 11.7. The molecule has 2 aromatic rings. The van der Waals surface area contributed by atoms with Crippen molar-refractivity contribution in [2.45, 2.75) is 39.7 Å². The van der Waals surface area contributed by atoms with Gasteiger partial charge in [-0.2, -0.15) is 0 Å². The van der Waals surface area contributed by atoms with Crippen LogP contribution in [0.15, 0.2) is 42.5 Å². The van der Waals surface area contributed by atoms with Gasteiger partial charge in [0.1, 0.15) is 11.5 Å². The largest absolute Gasteiger partial charge is 0.496 e.